The van der Waals surface area contributed by atoms with E-state index < -0.39 is 5.60 Å². The predicted octanol–water partition coefficient (Wildman–Crippen LogP) is 4.56. The van der Waals surface area contributed by atoms with Gasteiger partial charge >= 0.3 is 0 Å². The van der Waals surface area contributed by atoms with Crippen molar-refractivity contribution >= 4 is 0 Å². The largest absolute Gasteiger partial charge is 0.497 e. The first-order valence-electron chi connectivity index (χ1n) is 11.0. The standard InChI is InChI=1S/C26H33NO2/c1-25(2,28)21-14-22-23-12-18-10-11-19(29-4)13-20(18)26(22,3)15-24(21)27(23)16-17-8-6-5-7-9-17/h5-11,13,21-24,28H,12,14-16H2,1-4H3/t21-,22?,23?,24?,26+/m0/s1. The molecule has 5 atom stereocenters. The minimum Gasteiger partial charge on any atom is -0.497 e. The summed E-state index contributed by atoms with van der Waals surface area (Å²) in [6.07, 6.45) is 3.31. The van der Waals surface area contributed by atoms with Gasteiger partial charge in [0.2, 0.25) is 0 Å². The maximum atomic E-state index is 11.0. The number of fused-ring (bicyclic) bond motifs is 2. The van der Waals surface area contributed by atoms with E-state index in [2.05, 4.69) is 60.4 Å². The van der Waals surface area contributed by atoms with Crippen molar-refractivity contribution in [2.24, 2.45) is 11.8 Å². The Balaban J connectivity index is 1.59. The Morgan fingerprint density at radius 3 is 2.59 bits per heavy atom. The highest BCUT2D eigenvalue weighted by molar-refractivity contribution is 5.46. The molecule has 4 aliphatic rings. The fraction of sp³-hybridized carbons (Fsp3) is 0.538. The van der Waals surface area contributed by atoms with Crippen LogP contribution >= 0.6 is 0 Å². The van der Waals surface area contributed by atoms with E-state index in [1.54, 1.807) is 7.11 Å². The Bertz CT molecular complexity index is 903. The minimum absolute atomic E-state index is 0.159. The van der Waals surface area contributed by atoms with Crippen LogP contribution in [0.25, 0.3) is 0 Å². The fourth-order valence-corrected chi connectivity index (χ4v) is 6.80. The van der Waals surface area contributed by atoms with Gasteiger partial charge < -0.3 is 9.84 Å². The van der Waals surface area contributed by atoms with Crippen molar-refractivity contribution in [3.63, 3.8) is 0 Å². The first-order valence-corrected chi connectivity index (χ1v) is 11.0. The van der Waals surface area contributed by atoms with Crippen LogP contribution in [0.5, 0.6) is 5.75 Å². The Hall–Kier alpha value is -1.84. The van der Waals surface area contributed by atoms with Gasteiger partial charge in [0, 0.05) is 24.5 Å². The molecule has 0 radical (unpaired) electrons. The molecule has 2 aromatic rings. The number of hydrogen-bond acceptors (Lipinski definition) is 3. The molecule has 3 fully saturated rings. The molecule has 2 aromatic carbocycles. The summed E-state index contributed by atoms with van der Waals surface area (Å²) in [5, 5.41) is 11.0. The number of methoxy groups -OCH3 is 1. The monoisotopic (exact) mass is 391 g/mol. The van der Waals surface area contributed by atoms with E-state index in [4.69, 9.17) is 4.74 Å². The van der Waals surface area contributed by atoms with Crippen molar-refractivity contribution < 1.29 is 9.84 Å². The third-order valence-corrected chi connectivity index (χ3v) is 8.22. The zero-order valence-electron chi connectivity index (χ0n) is 18.1. The van der Waals surface area contributed by atoms with E-state index >= 15 is 0 Å². The highest BCUT2D eigenvalue weighted by Gasteiger charge is 2.61. The molecule has 0 aromatic heterocycles. The van der Waals surface area contributed by atoms with Crippen LogP contribution in [0.15, 0.2) is 48.5 Å². The van der Waals surface area contributed by atoms with Crippen LogP contribution < -0.4 is 4.74 Å². The molecule has 29 heavy (non-hydrogen) atoms. The van der Waals surface area contributed by atoms with E-state index in [9.17, 15) is 5.11 Å². The normalized spacial score (nSPS) is 33.4. The fourth-order valence-electron chi connectivity index (χ4n) is 6.80. The number of ether oxygens (including phenoxy) is 1. The zero-order chi connectivity index (χ0) is 20.4. The summed E-state index contributed by atoms with van der Waals surface area (Å²) < 4.78 is 5.57. The molecule has 1 saturated carbocycles. The van der Waals surface area contributed by atoms with E-state index in [-0.39, 0.29) is 5.41 Å². The average molecular weight is 392 g/mol. The van der Waals surface area contributed by atoms with Crippen LogP contribution in [0.3, 0.4) is 0 Å². The number of benzene rings is 2. The zero-order valence-corrected chi connectivity index (χ0v) is 18.1. The van der Waals surface area contributed by atoms with Gasteiger partial charge in [-0.2, -0.15) is 0 Å². The van der Waals surface area contributed by atoms with E-state index in [0.29, 0.717) is 23.9 Å². The van der Waals surface area contributed by atoms with Crippen molar-refractivity contribution in [2.75, 3.05) is 7.11 Å². The maximum Gasteiger partial charge on any atom is 0.119 e. The second kappa shape index (κ2) is 6.58. The first kappa shape index (κ1) is 19.1. The quantitative estimate of drug-likeness (QED) is 0.829. The second-order valence-electron chi connectivity index (χ2n) is 10.2. The topological polar surface area (TPSA) is 32.7 Å². The van der Waals surface area contributed by atoms with Crippen molar-refractivity contribution in [2.45, 2.75) is 69.7 Å². The molecule has 2 heterocycles. The Kier molecular flexibility index (Phi) is 4.34. The molecule has 4 bridgehead atoms. The minimum atomic E-state index is -0.652. The van der Waals surface area contributed by atoms with Gasteiger partial charge in [-0.1, -0.05) is 43.3 Å². The SMILES string of the molecule is COc1ccc2c(c1)[C@@]1(C)CC3[C@@H](C(C)(C)O)CC1C(C2)N3Cc1ccccc1. The van der Waals surface area contributed by atoms with Crippen LogP contribution in [0.2, 0.25) is 0 Å². The predicted molar refractivity (Wildman–Crippen MR) is 116 cm³/mol. The third-order valence-electron chi connectivity index (χ3n) is 8.22. The number of hydrogen-bond donors (Lipinski definition) is 1. The Morgan fingerprint density at radius 1 is 1.14 bits per heavy atom. The van der Waals surface area contributed by atoms with E-state index in [0.717, 1.165) is 31.6 Å². The lowest BCUT2D eigenvalue weighted by atomic mass is 9.48. The molecule has 0 spiro atoms. The van der Waals surface area contributed by atoms with Crippen LogP contribution in [-0.4, -0.2) is 34.8 Å². The lowest BCUT2D eigenvalue weighted by Crippen LogP contribution is -2.70. The van der Waals surface area contributed by atoms with Gasteiger partial charge in [-0.3, -0.25) is 4.90 Å². The molecule has 2 saturated heterocycles. The number of rotatable bonds is 4. The van der Waals surface area contributed by atoms with Crippen LogP contribution in [0, 0.1) is 11.8 Å². The lowest BCUT2D eigenvalue weighted by molar-refractivity contribution is -0.156. The molecular weight excluding hydrogens is 358 g/mol. The summed E-state index contributed by atoms with van der Waals surface area (Å²) in [4.78, 5) is 2.74. The third kappa shape index (κ3) is 2.93. The second-order valence-corrected chi connectivity index (χ2v) is 10.2. The summed E-state index contributed by atoms with van der Waals surface area (Å²) in [5.74, 6) is 1.84. The number of nitrogens with zero attached hydrogens (tertiary/aromatic N) is 1. The van der Waals surface area contributed by atoms with Crippen LogP contribution in [0.4, 0.5) is 0 Å². The van der Waals surface area contributed by atoms with Gasteiger partial charge in [-0.25, -0.2) is 0 Å². The van der Waals surface area contributed by atoms with Crippen molar-refractivity contribution in [3.8, 4) is 5.75 Å². The molecule has 0 amide bonds. The van der Waals surface area contributed by atoms with Gasteiger partial charge in [0.05, 0.1) is 12.7 Å². The molecule has 6 rings (SSSR count). The molecule has 154 valence electrons. The van der Waals surface area contributed by atoms with E-state index in [1.165, 1.54) is 16.7 Å². The van der Waals surface area contributed by atoms with Gasteiger partial charge in [0.15, 0.2) is 0 Å². The van der Waals surface area contributed by atoms with Crippen LogP contribution in [0.1, 0.15) is 50.3 Å². The van der Waals surface area contributed by atoms with Gasteiger partial charge in [-0.05, 0) is 73.3 Å². The van der Waals surface area contributed by atoms with E-state index in [1.807, 2.05) is 13.8 Å². The van der Waals surface area contributed by atoms with Crippen molar-refractivity contribution in [1.29, 1.82) is 0 Å². The number of aliphatic hydroxyl groups is 1. The summed E-state index contributed by atoms with van der Waals surface area (Å²) in [5.41, 5.74) is 3.84. The molecule has 2 aliphatic carbocycles. The lowest BCUT2D eigenvalue weighted by Gasteiger charge is -2.66. The maximum absolute atomic E-state index is 11.0. The summed E-state index contributed by atoms with van der Waals surface area (Å²) in [6, 6.07) is 18.5. The molecule has 2 aliphatic heterocycles. The smallest absolute Gasteiger partial charge is 0.119 e. The molecule has 3 unspecified atom stereocenters. The summed E-state index contributed by atoms with van der Waals surface area (Å²) in [6.45, 7) is 7.46. The Morgan fingerprint density at radius 2 is 1.90 bits per heavy atom. The van der Waals surface area contributed by atoms with Gasteiger partial charge in [0.25, 0.3) is 0 Å². The highest BCUT2D eigenvalue weighted by atomic mass is 16.5. The molecular formula is C26H33NO2. The van der Waals surface area contributed by atoms with Crippen molar-refractivity contribution in [3.05, 3.63) is 65.2 Å². The summed E-state index contributed by atoms with van der Waals surface area (Å²) >= 11 is 0. The number of piperidine rings is 2. The Labute approximate surface area is 174 Å². The van der Waals surface area contributed by atoms with Gasteiger partial charge in [-0.15, -0.1) is 0 Å². The van der Waals surface area contributed by atoms with Gasteiger partial charge in [0.1, 0.15) is 5.75 Å². The first-order chi connectivity index (χ1) is 13.8. The average Bonchev–Trinajstić information content (AvgIpc) is 2.70. The molecule has 1 N–H and O–H groups in total. The van der Waals surface area contributed by atoms with Crippen molar-refractivity contribution in [1.82, 2.24) is 4.90 Å². The highest BCUT2D eigenvalue weighted by Crippen LogP contribution is 2.60. The van der Waals surface area contributed by atoms with Crippen LogP contribution in [-0.2, 0) is 18.4 Å². The summed E-state index contributed by atoms with van der Waals surface area (Å²) in [7, 11) is 1.76. The molecule has 3 heteroatoms. The molecule has 3 nitrogen and oxygen atoms in total.